The first-order valence-electron chi connectivity index (χ1n) is 7.21. The Morgan fingerprint density at radius 2 is 1.25 bits per heavy atom. The molecule has 2 aliphatic rings. The van der Waals surface area contributed by atoms with Crippen molar-refractivity contribution < 1.29 is 9.59 Å². The molecular weight excluding hydrogens is 292 g/mol. The summed E-state index contributed by atoms with van der Waals surface area (Å²) in [6.07, 6.45) is 10.9. The van der Waals surface area contributed by atoms with Gasteiger partial charge in [0.1, 0.15) is 0 Å². The van der Waals surface area contributed by atoms with Crippen LogP contribution in [-0.2, 0) is 9.59 Å². The molecular formula is C14H20N2O2S2. The molecule has 0 saturated heterocycles. The Morgan fingerprint density at radius 1 is 0.800 bits per heavy atom. The molecule has 0 aromatic rings. The number of nitrogens with zero attached hydrogens (tertiary/aromatic N) is 2. The van der Waals surface area contributed by atoms with E-state index in [1.807, 2.05) is 0 Å². The fraction of sp³-hybridized carbons (Fsp3) is 0.857. The third kappa shape index (κ3) is 4.78. The van der Waals surface area contributed by atoms with E-state index in [1.165, 1.54) is 62.4 Å². The predicted molar refractivity (Wildman–Crippen MR) is 82.8 cm³/mol. The number of hydrogen-bond donors (Lipinski definition) is 0. The van der Waals surface area contributed by atoms with Crippen LogP contribution in [0, 0.1) is 23.7 Å². The molecule has 0 spiro atoms. The lowest BCUT2D eigenvalue weighted by molar-refractivity contribution is 0.112. The van der Waals surface area contributed by atoms with Gasteiger partial charge in [-0.05, 0) is 86.1 Å². The normalized spacial score (nSPS) is 32.6. The number of carbonyl (C=O) groups excluding carboxylic acids is 2. The molecule has 2 rings (SSSR count). The van der Waals surface area contributed by atoms with Crippen molar-refractivity contribution in [3.05, 3.63) is 0 Å². The van der Waals surface area contributed by atoms with Crippen molar-refractivity contribution in [3.63, 3.8) is 0 Å². The van der Waals surface area contributed by atoms with Crippen LogP contribution >= 0.6 is 23.9 Å². The highest BCUT2D eigenvalue weighted by Crippen LogP contribution is 2.45. The zero-order chi connectivity index (χ0) is 14.2. The molecule has 0 heterocycles. The zero-order valence-electron chi connectivity index (χ0n) is 11.5. The summed E-state index contributed by atoms with van der Waals surface area (Å²) in [5, 5.41) is 0. The number of hydrogen-bond acceptors (Lipinski definition) is 6. The van der Waals surface area contributed by atoms with E-state index in [4.69, 9.17) is 0 Å². The second kappa shape index (κ2) is 8.68. The van der Waals surface area contributed by atoms with E-state index in [1.54, 1.807) is 12.2 Å². The van der Waals surface area contributed by atoms with Crippen LogP contribution in [0.5, 0.6) is 0 Å². The molecule has 4 atom stereocenters. The molecule has 0 bridgehead atoms. The SMILES string of the molecule is O=C=NSCC1CCC2CC(CSN=C=O)CCC2C1. The third-order valence-corrected chi connectivity index (χ3v) is 6.30. The Labute approximate surface area is 128 Å². The topological polar surface area (TPSA) is 58.9 Å². The summed E-state index contributed by atoms with van der Waals surface area (Å²) in [7, 11) is 0. The number of fused-ring (bicyclic) bond motifs is 1. The van der Waals surface area contributed by atoms with Crippen LogP contribution in [0.4, 0.5) is 0 Å². The maximum Gasteiger partial charge on any atom is 0.247 e. The van der Waals surface area contributed by atoms with Gasteiger partial charge in [-0.3, -0.25) is 0 Å². The average molecular weight is 312 g/mol. The maximum atomic E-state index is 10.1. The summed E-state index contributed by atoms with van der Waals surface area (Å²) in [6, 6.07) is 0. The average Bonchev–Trinajstić information content (AvgIpc) is 2.48. The van der Waals surface area contributed by atoms with Gasteiger partial charge in [0, 0.05) is 11.5 Å². The van der Waals surface area contributed by atoms with Gasteiger partial charge in [0.25, 0.3) is 0 Å². The fourth-order valence-corrected chi connectivity index (χ4v) is 5.01. The van der Waals surface area contributed by atoms with Gasteiger partial charge < -0.3 is 0 Å². The molecule has 2 aliphatic carbocycles. The summed E-state index contributed by atoms with van der Waals surface area (Å²) in [6.45, 7) is 0. The van der Waals surface area contributed by atoms with Gasteiger partial charge in [0.2, 0.25) is 12.2 Å². The van der Waals surface area contributed by atoms with E-state index in [9.17, 15) is 9.59 Å². The van der Waals surface area contributed by atoms with E-state index >= 15 is 0 Å². The van der Waals surface area contributed by atoms with E-state index < -0.39 is 0 Å². The Kier molecular flexibility index (Phi) is 6.88. The molecule has 2 fully saturated rings. The molecule has 4 nitrogen and oxygen atoms in total. The number of rotatable bonds is 6. The van der Waals surface area contributed by atoms with Gasteiger partial charge in [-0.25, -0.2) is 9.59 Å². The summed E-state index contributed by atoms with van der Waals surface area (Å²) in [4.78, 5) is 20.1. The van der Waals surface area contributed by atoms with Gasteiger partial charge in [-0.15, -0.1) is 8.80 Å². The van der Waals surface area contributed by atoms with E-state index in [2.05, 4.69) is 8.80 Å². The Balaban J connectivity index is 1.74. The fourth-order valence-electron chi connectivity index (χ4n) is 3.72. The Morgan fingerprint density at radius 3 is 1.65 bits per heavy atom. The van der Waals surface area contributed by atoms with Crippen molar-refractivity contribution in [2.45, 2.75) is 38.5 Å². The monoisotopic (exact) mass is 312 g/mol. The lowest BCUT2D eigenvalue weighted by Gasteiger charge is -2.41. The van der Waals surface area contributed by atoms with Crippen molar-refractivity contribution >= 4 is 36.1 Å². The third-order valence-electron chi connectivity index (χ3n) is 4.65. The highest BCUT2D eigenvalue weighted by atomic mass is 32.2. The van der Waals surface area contributed by atoms with Gasteiger partial charge >= 0.3 is 0 Å². The zero-order valence-corrected chi connectivity index (χ0v) is 13.1. The highest BCUT2D eigenvalue weighted by molar-refractivity contribution is 7.98. The standard InChI is InChI=1S/C14H20N2O2S2/c17-9-15-19-7-11-1-3-13-6-12(8-20-16-10-18)2-4-14(13)5-11/h11-14H,1-8H2. The molecule has 2 saturated carbocycles. The minimum absolute atomic E-state index is 0.712. The molecule has 0 N–H and O–H groups in total. The first-order chi connectivity index (χ1) is 9.83. The Hall–Kier alpha value is -0.540. The van der Waals surface area contributed by atoms with Crippen LogP contribution in [0.2, 0.25) is 0 Å². The van der Waals surface area contributed by atoms with Crippen molar-refractivity contribution in [3.8, 4) is 0 Å². The second-order valence-corrected chi connectivity index (χ2v) is 7.38. The van der Waals surface area contributed by atoms with Crippen molar-refractivity contribution in [2.75, 3.05) is 11.5 Å². The van der Waals surface area contributed by atoms with Crippen LogP contribution in [0.3, 0.4) is 0 Å². The highest BCUT2D eigenvalue weighted by Gasteiger charge is 2.35. The molecule has 0 radical (unpaired) electrons. The quantitative estimate of drug-likeness (QED) is 0.425. The van der Waals surface area contributed by atoms with Crippen LogP contribution in [0.25, 0.3) is 0 Å². The molecule has 20 heavy (non-hydrogen) atoms. The summed E-state index contributed by atoms with van der Waals surface area (Å²) in [5.41, 5.74) is 0. The van der Waals surface area contributed by atoms with Gasteiger partial charge in [0.05, 0.1) is 0 Å². The molecule has 4 unspecified atom stereocenters. The lowest BCUT2D eigenvalue weighted by Crippen LogP contribution is -2.32. The predicted octanol–water partition coefficient (Wildman–Crippen LogP) is 3.79. The first-order valence-corrected chi connectivity index (χ1v) is 9.10. The van der Waals surface area contributed by atoms with Crippen molar-refractivity contribution in [1.29, 1.82) is 0 Å². The van der Waals surface area contributed by atoms with Crippen LogP contribution < -0.4 is 0 Å². The van der Waals surface area contributed by atoms with Crippen LogP contribution in [-0.4, -0.2) is 23.7 Å². The molecule has 6 heteroatoms. The van der Waals surface area contributed by atoms with Crippen molar-refractivity contribution in [2.24, 2.45) is 32.5 Å². The smallest absolute Gasteiger partial charge is 0.210 e. The summed E-state index contributed by atoms with van der Waals surface area (Å²) in [5.74, 6) is 5.06. The molecule has 0 aromatic carbocycles. The number of isocyanates is 2. The van der Waals surface area contributed by atoms with Gasteiger partial charge in [-0.2, -0.15) is 0 Å². The lowest BCUT2D eigenvalue weighted by atomic mass is 9.65. The van der Waals surface area contributed by atoms with Gasteiger partial charge in [-0.1, -0.05) is 0 Å². The molecule has 0 aromatic heterocycles. The van der Waals surface area contributed by atoms with Crippen LogP contribution in [0.1, 0.15) is 38.5 Å². The minimum Gasteiger partial charge on any atom is -0.210 e. The van der Waals surface area contributed by atoms with Crippen molar-refractivity contribution in [1.82, 2.24) is 0 Å². The summed E-state index contributed by atoms with van der Waals surface area (Å²) < 4.78 is 7.18. The molecule has 0 aliphatic heterocycles. The molecule has 0 amide bonds. The first kappa shape index (κ1) is 15.8. The maximum absolute atomic E-state index is 10.1. The van der Waals surface area contributed by atoms with E-state index in [-0.39, 0.29) is 0 Å². The van der Waals surface area contributed by atoms with Gasteiger partial charge in [0.15, 0.2) is 0 Å². The molecule has 110 valence electrons. The minimum atomic E-state index is 0.712. The Bertz CT molecular complexity index is 368. The van der Waals surface area contributed by atoms with E-state index in [0.717, 1.165) is 23.3 Å². The largest absolute Gasteiger partial charge is 0.247 e. The second-order valence-electron chi connectivity index (χ2n) is 5.83. The summed E-state index contributed by atoms with van der Waals surface area (Å²) >= 11 is 2.72. The van der Waals surface area contributed by atoms with Crippen LogP contribution in [0.15, 0.2) is 8.80 Å². The van der Waals surface area contributed by atoms with E-state index in [0.29, 0.717) is 11.8 Å².